The topological polar surface area (TPSA) is 130 Å². The van der Waals surface area contributed by atoms with Crippen LogP contribution in [-0.4, -0.2) is 41.3 Å². The van der Waals surface area contributed by atoms with Crippen LogP contribution in [0.1, 0.15) is 16.9 Å². The number of nitrogens with one attached hydrogen (secondary N) is 2. The molecule has 4 N–H and O–H groups in total. The number of H-pyrrole nitrogens is 1. The van der Waals surface area contributed by atoms with E-state index < -0.39 is 11.8 Å². The molecule has 1 fully saturated rings. The minimum Gasteiger partial charge on any atom is -0.497 e. The third kappa shape index (κ3) is 3.90. The van der Waals surface area contributed by atoms with Crippen LogP contribution in [0.3, 0.4) is 0 Å². The van der Waals surface area contributed by atoms with Crippen molar-refractivity contribution in [1.82, 2.24) is 9.97 Å². The number of ether oxygens (including phenoxy) is 1. The number of aromatic nitrogens is 2. The average molecular weight is 425 g/mol. The number of thiazole rings is 1. The number of primary amides is 1. The van der Waals surface area contributed by atoms with Gasteiger partial charge in [0.05, 0.1) is 18.7 Å². The molecule has 1 atom stereocenters. The maximum atomic E-state index is 12.7. The standard InChI is InChI=1S/C20H19N5O4S/c1-29-14-4-2-3-13(7-14)25-9-12(6-17(25)26)19(28)24-20-23-16(10-30-20)11-5-15(18(21)27)22-8-11/h2-5,7-8,10,12,22H,6,9H2,1H3,(H2,21,27)(H,23,24,28)/t12-/m1/s1. The van der Waals surface area contributed by atoms with Crippen LogP contribution in [0.4, 0.5) is 10.8 Å². The summed E-state index contributed by atoms with van der Waals surface area (Å²) >= 11 is 1.26. The van der Waals surface area contributed by atoms with E-state index in [4.69, 9.17) is 10.5 Å². The lowest BCUT2D eigenvalue weighted by Crippen LogP contribution is -2.28. The maximum absolute atomic E-state index is 12.7. The van der Waals surface area contributed by atoms with Gasteiger partial charge in [-0.25, -0.2) is 4.98 Å². The Balaban J connectivity index is 1.42. The van der Waals surface area contributed by atoms with Crippen molar-refractivity contribution in [1.29, 1.82) is 0 Å². The van der Waals surface area contributed by atoms with E-state index in [0.29, 0.717) is 27.8 Å². The number of nitrogens with two attached hydrogens (primary N) is 1. The van der Waals surface area contributed by atoms with E-state index in [1.807, 2.05) is 6.07 Å². The monoisotopic (exact) mass is 425 g/mol. The number of hydrogen-bond acceptors (Lipinski definition) is 6. The molecule has 4 rings (SSSR count). The maximum Gasteiger partial charge on any atom is 0.265 e. The summed E-state index contributed by atoms with van der Waals surface area (Å²) in [5, 5.41) is 4.97. The largest absolute Gasteiger partial charge is 0.497 e. The molecule has 1 aromatic carbocycles. The fourth-order valence-electron chi connectivity index (χ4n) is 3.27. The van der Waals surface area contributed by atoms with E-state index in [9.17, 15) is 14.4 Å². The van der Waals surface area contributed by atoms with Gasteiger partial charge in [-0.05, 0) is 18.2 Å². The number of anilines is 2. The van der Waals surface area contributed by atoms with Crippen LogP contribution >= 0.6 is 11.3 Å². The fourth-order valence-corrected chi connectivity index (χ4v) is 3.99. The highest BCUT2D eigenvalue weighted by molar-refractivity contribution is 7.14. The van der Waals surface area contributed by atoms with E-state index in [1.165, 1.54) is 11.3 Å². The van der Waals surface area contributed by atoms with Crippen molar-refractivity contribution < 1.29 is 19.1 Å². The molecule has 154 valence electrons. The highest BCUT2D eigenvalue weighted by atomic mass is 32.1. The molecule has 10 heteroatoms. The highest BCUT2D eigenvalue weighted by Gasteiger charge is 2.35. The SMILES string of the molecule is COc1cccc(N2C[C@H](C(=O)Nc3nc(-c4c[nH]c(C(N)=O)c4)cs3)CC2=O)c1. The Morgan fingerprint density at radius 2 is 2.20 bits per heavy atom. The average Bonchev–Trinajstić information content (AvgIpc) is 3.47. The number of amides is 3. The number of methoxy groups -OCH3 is 1. The zero-order valence-corrected chi connectivity index (χ0v) is 16.9. The molecule has 9 nitrogen and oxygen atoms in total. The first kappa shape index (κ1) is 19.6. The second kappa shape index (κ2) is 7.99. The van der Waals surface area contributed by atoms with Gasteiger partial charge >= 0.3 is 0 Å². The molecule has 3 heterocycles. The number of rotatable bonds is 6. The number of hydrogen-bond donors (Lipinski definition) is 3. The number of carbonyl (C=O) groups is 3. The first-order chi connectivity index (χ1) is 14.4. The van der Waals surface area contributed by atoms with Gasteiger partial charge in [0.15, 0.2) is 5.13 Å². The smallest absolute Gasteiger partial charge is 0.265 e. The minimum absolute atomic E-state index is 0.116. The molecule has 1 saturated heterocycles. The van der Waals surface area contributed by atoms with Crippen LogP contribution in [-0.2, 0) is 9.59 Å². The summed E-state index contributed by atoms with van der Waals surface area (Å²) < 4.78 is 5.20. The molecule has 0 spiro atoms. The van der Waals surface area contributed by atoms with Gasteiger partial charge in [0.1, 0.15) is 11.4 Å². The Morgan fingerprint density at radius 1 is 1.37 bits per heavy atom. The number of carbonyl (C=O) groups excluding carboxylic acids is 3. The lowest BCUT2D eigenvalue weighted by Gasteiger charge is -2.17. The first-order valence-corrected chi connectivity index (χ1v) is 10.0. The van der Waals surface area contributed by atoms with Crippen LogP contribution in [0.25, 0.3) is 11.3 Å². The summed E-state index contributed by atoms with van der Waals surface area (Å²) in [6, 6.07) is 8.78. The van der Waals surface area contributed by atoms with Crippen molar-refractivity contribution in [2.24, 2.45) is 11.7 Å². The van der Waals surface area contributed by atoms with Gasteiger partial charge in [0, 0.05) is 41.9 Å². The van der Waals surface area contributed by atoms with Gasteiger partial charge in [-0.3, -0.25) is 14.4 Å². The van der Waals surface area contributed by atoms with E-state index >= 15 is 0 Å². The van der Waals surface area contributed by atoms with Crippen LogP contribution in [0, 0.1) is 5.92 Å². The summed E-state index contributed by atoms with van der Waals surface area (Å²) in [7, 11) is 1.56. The first-order valence-electron chi connectivity index (χ1n) is 9.14. The van der Waals surface area contributed by atoms with Crippen molar-refractivity contribution in [3.05, 3.63) is 47.6 Å². The molecule has 3 amide bonds. The van der Waals surface area contributed by atoms with Gasteiger partial charge in [-0.2, -0.15) is 0 Å². The number of aromatic amines is 1. The van der Waals surface area contributed by atoms with Gasteiger partial charge < -0.3 is 25.7 Å². The van der Waals surface area contributed by atoms with Crippen molar-refractivity contribution in [3.63, 3.8) is 0 Å². The molecule has 0 bridgehead atoms. The summed E-state index contributed by atoms with van der Waals surface area (Å²) in [4.78, 5) is 45.1. The van der Waals surface area contributed by atoms with Gasteiger partial charge in [0.2, 0.25) is 11.8 Å². The Hall–Kier alpha value is -3.66. The van der Waals surface area contributed by atoms with Crippen molar-refractivity contribution in [2.75, 3.05) is 23.9 Å². The zero-order chi connectivity index (χ0) is 21.3. The number of benzene rings is 1. The van der Waals surface area contributed by atoms with Crippen molar-refractivity contribution >= 4 is 39.9 Å². The lowest BCUT2D eigenvalue weighted by atomic mass is 10.1. The lowest BCUT2D eigenvalue weighted by molar-refractivity contribution is -0.122. The van der Waals surface area contributed by atoms with E-state index in [-0.39, 0.29) is 30.5 Å². The normalized spacial score (nSPS) is 16.0. The molecule has 0 aliphatic carbocycles. The molecule has 0 saturated carbocycles. The third-order valence-corrected chi connectivity index (χ3v) is 5.60. The zero-order valence-electron chi connectivity index (χ0n) is 16.0. The molecule has 2 aromatic heterocycles. The molecular weight excluding hydrogens is 406 g/mol. The Kier molecular flexibility index (Phi) is 5.23. The van der Waals surface area contributed by atoms with Crippen molar-refractivity contribution in [3.8, 4) is 17.0 Å². The Labute approximate surface area is 175 Å². The van der Waals surface area contributed by atoms with Crippen LogP contribution in [0.5, 0.6) is 5.75 Å². The van der Waals surface area contributed by atoms with Gasteiger partial charge in [-0.1, -0.05) is 6.07 Å². The quantitative estimate of drug-likeness (QED) is 0.557. The molecule has 3 aromatic rings. The Morgan fingerprint density at radius 3 is 2.93 bits per heavy atom. The Bertz CT molecular complexity index is 1120. The van der Waals surface area contributed by atoms with E-state index in [2.05, 4.69) is 15.3 Å². The molecule has 1 aliphatic rings. The predicted molar refractivity (Wildman–Crippen MR) is 113 cm³/mol. The van der Waals surface area contributed by atoms with E-state index in [1.54, 1.807) is 47.9 Å². The molecule has 1 aliphatic heterocycles. The van der Waals surface area contributed by atoms with Crippen LogP contribution < -0.4 is 20.7 Å². The van der Waals surface area contributed by atoms with Gasteiger partial charge in [-0.15, -0.1) is 11.3 Å². The van der Waals surface area contributed by atoms with E-state index in [0.717, 1.165) is 0 Å². The molecule has 0 radical (unpaired) electrons. The summed E-state index contributed by atoms with van der Waals surface area (Å²) in [5.74, 6) is -0.773. The molecular formula is C20H19N5O4S. The second-order valence-electron chi connectivity index (χ2n) is 6.80. The summed E-state index contributed by atoms with van der Waals surface area (Å²) in [5.41, 5.74) is 7.53. The third-order valence-electron chi connectivity index (χ3n) is 4.84. The minimum atomic E-state index is -0.559. The van der Waals surface area contributed by atoms with Crippen LogP contribution in [0.2, 0.25) is 0 Å². The van der Waals surface area contributed by atoms with Gasteiger partial charge in [0.25, 0.3) is 5.91 Å². The molecule has 30 heavy (non-hydrogen) atoms. The van der Waals surface area contributed by atoms with Crippen LogP contribution in [0.15, 0.2) is 41.9 Å². The highest BCUT2D eigenvalue weighted by Crippen LogP contribution is 2.30. The second-order valence-corrected chi connectivity index (χ2v) is 7.66. The summed E-state index contributed by atoms with van der Waals surface area (Å²) in [6.07, 6.45) is 1.75. The number of nitrogens with zero attached hydrogens (tertiary/aromatic N) is 2. The fraction of sp³-hybridized carbons (Fsp3) is 0.200. The van der Waals surface area contributed by atoms with Crippen molar-refractivity contribution in [2.45, 2.75) is 6.42 Å². The summed E-state index contributed by atoms with van der Waals surface area (Å²) in [6.45, 7) is 0.288. The predicted octanol–water partition coefficient (Wildman–Crippen LogP) is 2.24. The molecule has 0 unspecified atom stereocenters.